The van der Waals surface area contributed by atoms with Crippen molar-refractivity contribution in [1.29, 1.82) is 0 Å². The monoisotopic (exact) mass is 185 g/mol. The fourth-order valence-electron chi connectivity index (χ4n) is 1.29. The third-order valence-electron chi connectivity index (χ3n) is 2.00. The summed E-state index contributed by atoms with van der Waals surface area (Å²) in [6.07, 6.45) is 0. The number of carboxylic acids is 1. The number of nitrogens with one attached hydrogen (secondary N) is 1. The number of carbonyl (C=O) groups excluding carboxylic acids is 1. The van der Waals surface area contributed by atoms with Crippen molar-refractivity contribution in [2.24, 2.45) is 0 Å². The number of carbonyl (C=O) groups is 1. The molecule has 1 aromatic carbocycles. The minimum Gasteiger partial charge on any atom is -0.548 e. The predicted molar refractivity (Wildman–Crippen MR) is 41.1 cm³/mol. The standard InChI is InChI=1S/C9H9NO2.Na/c11-9(12)8-7(10-8)6-4-2-1-3-5-6;/h1-5,7-8,10H,(H,11,12);/q;+1/p-1/t7-,8+;/m1./s1. The molecule has 0 aromatic heterocycles. The van der Waals surface area contributed by atoms with Crippen LogP contribution < -0.4 is 40.0 Å². The summed E-state index contributed by atoms with van der Waals surface area (Å²) in [5.74, 6) is -1.02. The molecule has 0 radical (unpaired) electrons. The molecule has 4 heteroatoms. The van der Waals surface area contributed by atoms with Crippen LogP contribution >= 0.6 is 0 Å². The van der Waals surface area contributed by atoms with E-state index in [1.54, 1.807) is 0 Å². The predicted octanol–water partition coefficient (Wildman–Crippen LogP) is -3.55. The molecule has 1 aliphatic heterocycles. The normalized spacial score (nSPS) is 24.6. The summed E-state index contributed by atoms with van der Waals surface area (Å²) >= 11 is 0. The van der Waals surface area contributed by atoms with Crippen molar-refractivity contribution in [2.45, 2.75) is 12.1 Å². The number of benzene rings is 1. The number of rotatable bonds is 2. The van der Waals surface area contributed by atoms with Gasteiger partial charge in [0.2, 0.25) is 0 Å². The van der Waals surface area contributed by atoms with Gasteiger partial charge < -0.3 is 9.90 Å². The van der Waals surface area contributed by atoms with Crippen LogP contribution in [-0.4, -0.2) is 12.0 Å². The Bertz CT molecular complexity index is 302. The first-order valence-electron chi connectivity index (χ1n) is 3.81. The van der Waals surface area contributed by atoms with E-state index in [4.69, 9.17) is 0 Å². The second kappa shape index (κ2) is 4.24. The van der Waals surface area contributed by atoms with Crippen LogP contribution in [0, 0.1) is 0 Å². The van der Waals surface area contributed by atoms with E-state index in [1.165, 1.54) is 0 Å². The molecule has 0 bridgehead atoms. The average molecular weight is 185 g/mol. The topological polar surface area (TPSA) is 62.1 Å². The molecule has 0 unspecified atom stereocenters. The SMILES string of the molecule is O=C([O-])[C@H]1N[C@@H]1c1ccccc1.[Na+]. The smallest absolute Gasteiger partial charge is 0.548 e. The van der Waals surface area contributed by atoms with Crippen LogP contribution in [0.25, 0.3) is 0 Å². The summed E-state index contributed by atoms with van der Waals surface area (Å²) in [7, 11) is 0. The number of hydrogen-bond acceptors (Lipinski definition) is 3. The Balaban J connectivity index is 0.000000845. The molecule has 62 valence electrons. The summed E-state index contributed by atoms with van der Waals surface area (Å²) in [5.41, 5.74) is 1.01. The number of carboxylic acid groups (broad SMARTS) is 1. The molecule has 13 heavy (non-hydrogen) atoms. The van der Waals surface area contributed by atoms with Crippen LogP contribution in [0.4, 0.5) is 0 Å². The first kappa shape index (κ1) is 10.7. The van der Waals surface area contributed by atoms with Crippen LogP contribution in [-0.2, 0) is 4.79 Å². The minimum absolute atomic E-state index is 0. The van der Waals surface area contributed by atoms with Gasteiger partial charge in [-0.1, -0.05) is 30.3 Å². The zero-order valence-electron chi connectivity index (χ0n) is 7.36. The van der Waals surface area contributed by atoms with Gasteiger partial charge in [-0.3, -0.25) is 5.32 Å². The molecule has 0 saturated carbocycles. The van der Waals surface area contributed by atoms with Gasteiger partial charge in [0.05, 0.1) is 18.1 Å². The Morgan fingerprint density at radius 3 is 2.38 bits per heavy atom. The molecule has 3 nitrogen and oxygen atoms in total. The van der Waals surface area contributed by atoms with Crippen molar-refractivity contribution < 1.29 is 39.5 Å². The van der Waals surface area contributed by atoms with Crippen LogP contribution in [0.5, 0.6) is 0 Å². The minimum atomic E-state index is -1.02. The van der Waals surface area contributed by atoms with Crippen LogP contribution in [0.15, 0.2) is 30.3 Å². The molecule has 2 atom stereocenters. The van der Waals surface area contributed by atoms with Gasteiger partial charge in [0, 0.05) is 0 Å². The maximum atomic E-state index is 10.4. The molecule has 1 aromatic rings. The molecule has 0 amide bonds. The van der Waals surface area contributed by atoms with Crippen molar-refractivity contribution in [3.05, 3.63) is 35.9 Å². The largest absolute Gasteiger partial charge is 1.00 e. The Kier molecular flexibility index (Phi) is 3.50. The molecule has 1 aliphatic rings. The summed E-state index contributed by atoms with van der Waals surface area (Å²) in [6, 6.07) is 8.95. The van der Waals surface area contributed by atoms with Crippen molar-refractivity contribution in [3.8, 4) is 0 Å². The van der Waals surface area contributed by atoms with Crippen LogP contribution in [0.1, 0.15) is 11.6 Å². The second-order valence-electron chi connectivity index (χ2n) is 2.85. The fraction of sp³-hybridized carbons (Fsp3) is 0.222. The van der Waals surface area contributed by atoms with E-state index in [0.29, 0.717) is 0 Å². The Morgan fingerprint density at radius 1 is 1.31 bits per heavy atom. The van der Waals surface area contributed by atoms with Crippen LogP contribution in [0.3, 0.4) is 0 Å². The zero-order valence-corrected chi connectivity index (χ0v) is 9.36. The van der Waals surface area contributed by atoms with E-state index >= 15 is 0 Å². The Hall–Kier alpha value is -0.350. The van der Waals surface area contributed by atoms with Gasteiger partial charge in [0.15, 0.2) is 0 Å². The molecule has 2 rings (SSSR count). The summed E-state index contributed by atoms with van der Waals surface area (Å²) < 4.78 is 0. The third kappa shape index (κ3) is 2.31. The summed E-state index contributed by atoms with van der Waals surface area (Å²) in [5, 5.41) is 13.2. The molecule has 1 saturated heterocycles. The van der Waals surface area contributed by atoms with E-state index in [9.17, 15) is 9.90 Å². The third-order valence-corrected chi connectivity index (χ3v) is 2.00. The van der Waals surface area contributed by atoms with Gasteiger partial charge in [-0.2, -0.15) is 0 Å². The van der Waals surface area contributed by atoms with Crippen LogP contribution in [0.2, 0.25) is 0 Å². The zero-order chi connectivity index (χ0) is 8.55. The summed E-state index contributed by atoms with van der Waals surface area (Å²) in [6.45, 7) is 0. The first-order chi connectivity index (χ1) is 5.79. The first-order valence-corrected chi connectivity index (χ1v) is 3.81. The molecular formula is C9H8NNaO2. The molecule has 0 aliphatic carbocycles. The Morgan fingerprint density at radius 2 is 1.92 bits per heavy atom. The number of aliphatic carboxylic acids is 1. The van der Waals surface area contributed by atoms with E-state index < -0.39 is 12.0 Å². The van der Waals surface area contributed by atoms with Gasteiger partial charge in [0.25, 0.3) is 0 Å². The number of hydrogen-bond donors (Lipinski definition) is 1. The second-order valence-corrected chi connectivity index (χ2v) is 2.85. The van der Waals surface area contributed by atoms with Crippen molar-refractivity contribution in [1.82, 2.24) is 5.32 Å². The summed E-state index contributed by atoms with van der Waals surface area (Å²) in [4.78, 5) is 10.4. The Labute approximate surface area is 98.4 Å². The van der Waals surface area contributed by atoms with Gasteiger partial charge in [-0.05, 0) is 5.56 Å². The maximum absolute atomic E-state index is 10.4. The molecular weight excluding hydrogens is 177 g/mol. The van der Waals surface area contributed by atoms with Gasteiger partial charge in [-0.25, -0.2) is 0 Å². The van der Waals surface area contributed by atoms with Crippen molar-refractivity contribution in [2.75, 3.05) is 0 Å². The van der Waals surface area contributed by atoms with Gasteiger partial charge >= 0.3 is 29.6 Å². The maximum Gasteiger partial charge on any atom is 1.00 e. The molecule has 0 spiro atoms. The van der Waals surface area contributed by atoms with Gasteiger partial charge in [0.1, 0.15) is 0 Å². The van der Waals surface area contributed by atoms with E-state index in [2.05, 4.69) is 5.32 Å². The molecule has 1 heterocycles. The van der Waals surface area contributed by atoms with E-state index in [-0.39, 0.29) is 35.6 Å². The fourth-order valence-corrected chi connectivity index (χ4v) is 1.29. The van der Waals surface area contributed by atoms with E-state index in [1.807, 2.05) is 30.3 Å². The van der Waals surface area contributed by atoms with Crippen molar-refractivity contribution >= 4 is 5.97 Å². The molecule has 1 N–H and O–H groups in total. The molecule has 1 fully saturated rings. The van der Waals surface area contributed by atoms with Crippen molar-refractivity contribution in [3.63, 3.8) is 0 Å². The van der Waals surface area contributed by atoms with Gasteiger partial charge in [-0.15, -0.1) is 0 Å². The average Bonchev–Trinajstić information content (AvgIpc) is 2.84. The van der Waals surface area contributed by atoms with E-state index in [0.717, 1.165) is 5.56 Å². The quantitative estimate of drug-likeness (QED) is 0.383.